The van der Waals surface area contributed by atoms with Crippen LogP contribution in [0.2, 0.25) is 0 Å². The van der Waals surface area contributed by atoms with Gasteiger partial charge in [0.1, 0.15) is 0 Å². The molecule has 75 heavy (non-hydrogen) atoms. The van der Waals surface area contributed by atoms with E-state index < -0.39 is 5.41 Å². The molecule has 1 aromatic heterocycles. The molecule has 2 heteroatoms. The molecular weight excluding hydrogens is 905 g/mol. The number of para-hydroxylation sites is 3. The third kappa shape index (κ3) is 6.73. The van der Waals surface area contributed by atoms with Crippen molar-refractivity contribution in [2.75, 3.05) is 4.90 Å². The van der Waals surface area contributed by atoms with Gasteiger partial charge in [-0.15, -0.1) is 0 Å². The fourth-order valence-corrected chi connectivity index (χ4v) is 12.6. The highest BCUT2D eigenvalue weighted by Crippen LogP contribution is 2.63. The Kier molecular flexibility index (Phi) is 9.83. The van der Waals surface area contributed by atoms with Gasteiger partial charge in [-0.1, -0.05) is 224 Å². The second kappa shape index (κ2) is 17.2. The lowest BCUT2D eigenvalue weighted by atomic mass is 9.70. The van der Waals surface area contributed by atoms with Crippen LogP contribution in [0.3, 0.4) is 0 Å². The van der Waals surface area contributed by atoms with Crippen molar-refractivity contribution in [1.82, 2.24) is 4.57 Å². The summed E-state index contributed by atoms with van der Waals surface area (Å²) in [6.45, 7) is 0. The van der Waals surface area contributed by atoms with E-state index in [2.05, 4.69) is 301 Å². The minimum atomic E-state index is -0.409. The zero-order valence-corrected chi connectivity index (χ0v) is 41.1. The predicted molar refractivity (Wildman–Crippen MR) is 314 cm³/mol. The van der Waals surface area contributed by atoms with Crippen LogP contribution in [0.4, 0.5) is 17.1 Å². The van der Waals surface area contributed by atoms with Crippen LogP contribution in [0.15, 0.2) is 291 Å². The number of benzene rings is 12. The molecule has 0 unspecified atom stereocenters. The van der Waals surface area contributed by atoms with Gasteiger partial charge < -0.3 is 9.47 Å². The molecule has 2 aliphatic rings. The molecule has 13 aromatic rings. The molecule has 2 aliphatic carbocycles. The number of anilines is 3. The molecular formula is C73H48N2. The number of aromatic nitrogens is 1. The SMILES string of the molecule is c1ccc(N(c2ccc(-c3ccc(-c4ccc(-c5ccc(-c6ccc7c(c6)c6ccccc6n7-c6ccccc6)cc5)cc4)cc3)cc2)c2ccc3c(c2)C2(c4ccccc4-c4ccccc42)c2ccccc2-3)cc1. The smallest absolute Gasteiger partial charge is 0.0726 e. The van der Waals surface area contributed by atoms with Gasteiger partial charge in [-0.2, -0.15) is 0 Å². The summed E-state index contributed by atoms with van der Waals surface area (Å²) in [5.74, 6) is 0. The second-order valence-electron chi connectivity index (χ2n) is 20.0. The molecule has 0 atom stereocenters. The number of hydrogen-bond acceptors (Lipinski definition) is 1. The standard InChI is InChI=1S/C73H48N2/c1-3-15-57(16-4-1)74(60-44-45-64-63-21-9-13-25-69(63)73(70(64)48-60)67-23-11-7-19-61(67)62-20-8-12-24-68(62)73)59-42-39-54(40-43-59)53-33-31-50(32-34-53)49-27-29-51(30-28-49)52-35-37-55(38-36-52)56-41-46-72-66(47-56)65-22-10-14-26-71(65)75(72)58-17-5-2-6-18-58/h1-48H. The molecule has 0 aliphatic heterocycles. The van der Waals surface area contributed by atoms with Crippen molar-refractivity contribution in [3.63, 3.8) is 0 Å². The largest absolute Gasteiger partial charge is 0.310 e. The summed E-state index contributed by atoms with van der Waals surface area (Å²) in [5.41, 5.74) is 26.8. The lowest BCUT2D eigenvalue weighted by Crippen LogP contribution is -2.26. The molecule has 0 saturated carbocycles. The Morgan fingerprint density at radius 3 is 1.15 bits per heavy atom. The number of fused-ring (bicyclic) bond motifs is 13. The van der Waals surface area contributed by atoms with Crippen molar-refractivity contribution in [3.05, 3.63) is 313 Å². The quantitative estimate of drug-likeness (QED) is 0.147. The summed E-state index contributed by atoms with van der Waals surface area (Å²) in [4.78, 5) is 2.40. The minimum Gasteiger partial charge on any atom is -0.310 e. The van der Waals surface area contributed by atoms with E-state index in [4.69, 9.17) is 0 Å². The average molecular weight is 953 g/mol. The third-order valence-corrected chi connectivity index (χ3v) is 16.1. The Hall–Kier alpha value is -9.76. The first kappa shape index (κ1) is 42.9. The molecule has 0 radical (unpaired) electrons. The maximum Gasteiger partial charge on any atom is 0.0726 e. The topological polar surface area (TPSA) is 8.17 Å². The van der Waals surface area contributed by atoms with Gasteiger partial charge in [0.25, 0.3) is 0 Å². The van der Waals surface area contributed by atoms with E-state index in [-0.39, 0.29) is 0 Å². The summed E-state index contributed by atoms with van der Waals surface area (Å²) >= 11 is 0. The fourth-order valence-electron chi connectivity index (χ4n) is 12.6. The Morgan fingerprint density at radius 2 is 0.613 bits per heavy atom. The lowest BCUT2D eigenvalue weighted by molar-refractivity contribution is 0.793. The summed E-state index contributed by atoms with van der Waals surface area (Å²) in [7, 11) is 0. The van der Waals surface area contributed by atoms with Crippen LogP contribution in [0.25, 0.3) is 94.3 Å². The van der Waals surface area contributed by atoms with Gasteiger partial charge in [0.05, 0.1) is 16.4 Å². The molecule has 0 N–H and O–H groups in total. The van der Waals surface area contributed by atoms with E-state index in [1.807, 2.05) is 0 Å². The van der Waals surface area contributed by atoms with Gasteiger partial charge in [-0.3, -0.25) is 0 Å². The van der Waals surface area contributed by atoms with Crippen LogP contribution >= 0.6 is 0 Å². The first-order valence-corrected chi connectivity index (χ1v) is 26.0. The first-order valence-electron chi connectivity index (χ1n) is 26.0. The normalized spacial score (nSPS) is 12.6. The van der Waals surface area contributed by atoms with Gasteiger partial charge in [-0.25, -0.2) is 0 Å². The zero-order chi connectivity index (χ0) is 49.5. The summed E-state index contributed by atoms with van der Waals surface area (Å²) in [5, 5.41) is 2.53. The van der Waals surface area contributed by atoms with Crippen LogP contribution in [-0.2, 0) is 5.41 Å². The van der Waals surface area contributed by atoms with E-state index in [0.29, 0.717) is 0 Å². The number of rotatable bonds is 8. The molecule has 0 bridgehead atoms. The molecule has 1 heterocycles. The molecule has 0 amide bonds. The van der Waals surface area contributed by atoms with E-state index in [1.54, 1.807) is 0 Å². The molecule has 2 nitrogen and oxygen atoms in total. The van der Waals surface area contributed by atoms with Gasteiger partial charge in [0, 0.05) is 33.5 Å². The highest BCUT2D eigenvalue weighted by molar-refractivity contribution is 6.10. The fraction of sp³-hybridized carbons (Fsp3) is 0.0137. The van der Waals surface area contributed by atoms with Crippen molar-refractivity contribution in [3.8, 4) is 72.4 Å². The number of hydrogen-bond donors (Lipinski definition) is 0. The number of nitrogens with zero attached hydrogens (tertiary/aromatic N) is 2. The Labute approximate surface area is 437 Å². The van der Waals surface area contributed by atoms with Crippen LogP contribution in [0.5, 0.6) is 0 Å². The van der Waals surface area contributed by atoms with Crippen molar-refractivity contribution in [2.24, 2.45) is 0 Å². The maximum absolute atomic E-state index is 2.46. The second-order valence-corrected chi connectivity index (χ2v) is 20.0. The van der Waals surface area contributed by atoms with Crippen molar-refractivity contribution >= 4 is 38.9 Å². The molecule has 15 rings (SSSR count). The summed E-state index contributed by atoms with van der Waals surface area (Å²) in [6, 6.07) is 107. The van der Waals surface area contributed by atoms with Crippen molar-refractivity contribution in [1.29, 1.82) is 0 Å². The van der Waals surface area contributed by atoms with E-state index in [9.17, 15) is 0 Å². The molecule has 1 spiro atoms. The van der Waals surface area contributed by atoms with E-state index in [1.165, 1.54) is 117 Å². The van der Waals surface area contributed by atoms with Crippen LogP contribution in [0.1, 0.15) is 22.3 Å². The summed E-state index contributed by atoms with van der Waals surface area (Å²) < 4.78 is 2.37. The Bertz CT molecular complexity index is 4240. The van der Waals surface area contributed by atoms with Gasteiger partial charge in [-0.05, 0) is 156 Å². The average Bonchev–Trinajstić information content (AvgIpc) is 4.30. The van der Waals surface area contributed by atoms with Crippen molar-refractivity contribution < 1.29 is 0 Å². The Morgan fingerprint density at radius 1 is 0.240 bits per heavy atom. The third-order valence-electron chi connectivity index (χ3n) is 16.1. The monoisotopic (exact) mass is 952 g/mol. The van der Waals surface area contributed by atoms with Crippen LogP contribution in [0, 0.1) is 0 Å². The minimum absolute atomic E-state index is 0.409. The summed E-state index contributed by atoms with van der Waals surface area (Å²) in [6.07, 6.45) is 0. The highest BCUT2D eigenvalue weighted by Gasteiger charge is 2.51. The first-order chi connectivity index (χ1) is 37.2. The highest BCUT2D eigenvalue weighted by atomic mass is 15.1. The lowest BCUT2D eigenvalue weighted by Gasteiger charge is -2.32. The van der Waals surface area contributed by atoms with Gasteiger partial charge in [0.15, 0.2) is 0 Å². The van der Waals surface area contributed by atoms with E-state index >= 15 is 0 Å². The molecule has 0 saturated heterocycles. The van der Waals surface area contributed by atoms with Crippen LogP contribution in [-0.4, -0.2) is 4.57 Å². The Balaban J connectivity index is 0.696. The molecule has 12 aromatic carbocycles. The zero-order valence-electron chi connectivity index (χ0n) is 41.1. The van der Waals surface area contributed by atoms with Gasteiger partial charge in [0.2, 0.25) is 0 Å². The van der Waals surface area contributed by atoms with Gasteiger partial charge >= 0.3 is 0 Å². The van der Waals surface area contributed by atoms with Crippen LogP contribution < -0.4 is 4.90 Å². The molecule has 0 fully saturated rings. The molecule has 350 valence electrons. The maximum atomic E-state index is 2.46. The van der Waals surface area contributed by atoms with E-state index in [0.717, 1.165) is 17.1 Å². The van der Waals surface area contributed by atoms with Crippen molar-refractivity contribution in [2.45, 2.75) is 5.41 Å². The predicted octanol–water partition coefficient (Wildman–Crippen LogP) is 19.3.